The number of likely N-dealkylation sites (N-methyl/N-ethyl adjacent to an activating group) is 1. The van der Waals surface area contributed by atoms with Crippen LogP contribution in [-0.2, 0) is 6.42 Å². The summed E-state index contributed by atoms with van der Waals surface area (Å²) in [5, 5.41) is 14.2. The molecule has 2 aliphatic rings. The minimum Gasteiger partial charge on any atom is -0.318 e. The highest BCUT2D eigenvalue weighted by Crippen LogP contribution is 2.28. The molecule has 0 aromatic heterocycles. The van der Waals surface area contributed by atoms with Crippen LogP contribution in [0.2, 0.25) is 0 Å². The molecule has 3 nitrogen and oxygen atoms in total. The Bertz CT molecular complexity index is 835. The number of hydrogen-bond donors (Lipinski definition) is 3. The lowest BCUT2D eigenvalue weighted by molar-refractivity contribution is 0.265. The van der Waals surface area contributed by atoms with Crippen molar-refractivity contribution in [3.05, 3.63) is 48.0 Å². The monoisotopic (exact) mass is 463 g/mol. The van der Waals surface area contributed by atoms with Crippen molar-refractivity contribution in [3.63, 3.8) is 0 Å². The standard InChI is InChI=1S/C31H49N3/c1-24-12-14-26(15-13-24)21-33-31(20-27-16-17-28-10-6-7-11-29(28)18-27)23-34-30(22-32-2)19-25-8-4-3-5-9-25/h6-7,10-11,16-18,24-26,30-34H,3-5,8-9,12-15,19-23H2,1-2H3/t24?,26?,30-,31+/m1/s1. The summed E-state index contributed by atoms with van der Waals surface area (Å²) in [5.74, 6) is 2.69. The van der Waals surface area contributed by atoms with Gasteiger partial charge in [-0.1, -0.05) is 94.3 Å². The van der Waals surface area contributed by atoms with E-state index in [1.807, 2.05) is 0 Å². The minimum absolute atomic E-state index is 0.478. The second-order valence-corrected chi connectivity index (χ2v) is 11.5. The van der Waals surface area contributed by atoms with E-state index in [2.05, 4.69) is 72.4 Å². The third-order valence-electron chi connectivity index (χ3n) is 8.57. The molecule has 2 aromatic carbocycles. The molecule has 188 valence electrons. The average molecular weight is 464 g/mol. The van der Waals surface area contributed by atoms with E-state index in [1.54, 1.807) is 0 Å². The van der Waals surface area contributed by atoms with E-state index in [4.69, 9.17) is 0 Å². The maximum absolute atomic E-state index is 4.02. The Labute approximate surface area is 208 Å². The molecule has 0 heterocycles. The third kappa shape index (κ3) is 8.07. The Morgan fingerprint density at radius 2 is 1.53 bits per heavy atom. The first-order chi connectivity index (χ1) is 16.7. The number of rotatable bonds is 12. The summed E-state index contributed by atoms with van der Waals surface area (Å²) in [7, 11) is 2.10. The summed E-state index contributed by atoms with van der Waals surface area (Å²) < 4.78 is 0. The van der Waals surface area contributed by atoms with Gasteiger partial charge in [-0.15, -0.1) is 0 Å². The van der Waals surface area contributed by atoms with Gasteiger partial charge in [-0.25, -0.2) is 0 Å². The molecule has 0 unspecified atom stereocenters. The summed E-state index contributed by atoms with van der Waals surface area (Å²) in [6.45, 7) is 5.71. The molecule has 4 rings (SSSR count). The first-order valence-electron chi connectivity index (χ1n) is 14.3. The molecular weight excluding hydrogens is 414 g/mol. The van der Waals surface area contributed by atoms with Crippen LogP contribution in [-0.4, -0.2) is 38.8 Å². The number of fused-ring (bicyclic) bond motifs is 1. The fourth-order valence-electron chi connectivity index (χ4n) is 6.35. The predicted molar refractivity (Wildman–Crippen MR) is 147 cm³/mol. The van der Waals surface area contributed by atoms with Crippen molar-refractivity contribution >= 4 is 10.8 Å². The van der Waals surface area contributed by atoms with E-state index in [0.29, 0.717) is 12.1 Å². The fraction of sp³-hybridized carbons (Fsp3) is 0.677. The lowest BCUT2D eigenvalue weighted by Gasteiger charge is -2.31. The topological polar surface area (TPSA) is 36.1 Å². The van der Waals surface area contributed by atoms with Crippen LogP contribution in [0.15, 0.2) is 42.5 Å². The molecule has 2 atom stereocenters. The Hall–Kier alpha value is -1.42. The maximum atomic E-state index is 4.02. The molecule has 3 N–H and O–H groups in total. The van der Waals surface area contributed by atoms with Crippen molar-refractivity contribution in [1.82, 2.24) is 16.0 Å². The van der Waals surface area contributed by atoms with Gasteiger partial charge in [0.25, 0.3) is 0 Å². The Morgan fingerprint density at radius 3 is 2.29 bits per heavy atom. The van der Waals surface area contributed by atoms with E-state index < -0.39 is 0 Å². The third-order valence-corrected chi connectivity index (χ3v) is 8.57. The van der Waals surface area contributed by atoms with Crippen LogP contribution in [0.25, 0.3) is 10.8 Å². The molecule has 2 aliphatic carbocycles. The molecule has 2 fully saturated rings. The second-order valence-electron chi connectivity index (χ2n) is 11.5. The van der Waals surface area contributed by atoms with Gasteiger partial charge in [0.05, 0.1) is 0 Å². The molecule has 0 bridgehead atoms. The Balaban J connectivity index is 1.37. The van der Waals surface area contributed by atoms with Crippen LogP contribution < -0.4 is 16.0 Å². The van der Waals surface area contributed by atoms with Gasteiger partial charge in [0, 0.05) is 25.2 Å². The van der Waals surface area contributed by atoms with Crippen molar-refractivity contribution in [1.29, 1.82) is 0 Å². The smallest absolute Gasteiger partial charge is 0.0233 e. The zero-order chi connectivity index (χ0) is 23.6. The first-order valence-corrected chi connectivity index (χ1v) is 14.3. The van der Waals surface area contributed by atoms with Crippen molar-refractivity contribution < 1.29 is 0 Å². The highest BCUT2D eigenvalue weighted by molar-refractivity contribution is 5.83. The quantitative estimate of drug-likeness (QED) is 0.345. The molecule has 0 spiro atoms. The van der Waals surface area contributed by atoms with Crippen LogP contribution >= 0.6 is 0 Å². The van der Waals surface area contributed by atoms with Crippen LogP contribution in [0.5, 0.6) is 0 Å². The zero-order valence-electron chi connectivity index (χ0n) is 21.8. The van der Waals surface area contributed by atoms with Gasteiger partial charge in [0.1, 0.15) is 0 Å². The molecule has 0 radical (unpaired) electrons. The SMILES string of the molecule is CNC[C@@H](CC1CCCCC1)NC[C@H](Cc1ccc2ccccc2c1)NCC1CCC(C)CC1. The summed E-state index contributed by atoms with van der Waals surface area (Å²) in [6.07, 6.45) is 15.2. The van der Waals surface area contributed by atoms with Gasteiger partial charge in [-0.05, 0) is 73.4 Å². The van der Waals surface area contributed by atoms with E-state index in [1.165, 1.54) is 87.1 Å². The van der Waals surface area contributed by atoms with Gasteiger partial charge in [0.15, 0.2) is 0 Å². The summed E-state index contributed by atoms with van der Waals surface area (Å²) >= 11 is 0. The number of hydrogen-bond acceptors (Lipinski definition) is 3. The largest absolute Gasteiger partial charge is 0.318 e. The fourth-order valence-corrected chi connectivity index (χ4v) is 6.35. The molecule has 34 heavy (non-hydrogen) atoms. The summed E-state index contributed by atoms with van der Waals surface area (Å²) in [5.41, 5.74) is 1.45. The van der Waals surface area contributed by atoms with Crippen LogP contribution in [0.1, 0.15) is 76.7 Å². The lowest BCUT2D eigenvalue weighted by Crippen LogP contribution is -2.48. The molecule has 0 aliphatic heterocycles. The lowest BCUT2D eigenvalue weighted by atomic mass is 9.83. The molecule has 2 aromatic rings. The highest BCUT2D eigenvalue weighted by atomic mass is 15.0. The van der Waals surface area contributed by atoms with Gasteiger partial charge in [-0.3, -0.25) is 0 Å². The zero-order valence-corrected chi connectivity index (χ0v) is 21.8. The highest BCUT2D eigenvalue weighted by Gasteiger charge is 2.22. The van der Waals surface area contributed by atoms with Crippen LogP contribution in [0.3, 0.4) is 0 Å². The molecule has 2 saturated carbocycles. The van der Waals surface area contributed by atoms with E-state index >= 15 is 0 Å². The average Bonchev–Trinajstić information content (AvgIpc) is 2.87. The summed E-state index contributed by atoms with van der Waals surface area (Å²) in [4.78, 5) is 0. The van der Waals surface area contributed by atoms with E-state index in [9.17, 15) is 0 Å². The second kappa shape index (κ2) is 13.6. The predicted octanol–water partition coefficient (Wildman–Crippen LogP) is 6.31. The maximum Gasteiger partial charge on any atom is 0.0233 e. The van der Waals surface area contributed by atoms with Crippen molar-refractivity contribution in [2.24, 2.45) is 17.8 Å². The first kappa shape index (κ1) is 25.7. The molecule has 3 heteroatoms. The normalized spacial score (nSPS) is 23.7. The molecule has 0 saturated heterocycles. The van der Waals surface area contributed by atoms with Gasteiger partial charge in [0.2, 0.25) is 0 Å². The van der Waals surface area contributed by atoms with E-state index in [-0.39, 0.29) is 0 Å². The van der Waals surface area contributed by atoms with Crippen molar-refractivity contribution in [2.75, 3.05) is 26.7 Å². The van der Waals surface area contributed by atoms with E-state index in [0.717, 1.165) is 37.3 Å². The van der Waals surface area contributed by atoms with Gasteiger partial charge >= 0.3 is 0 Å². The van der Waals surface area contributed by atoms with Gasteiger partial charge in [-0.2, -0.15) is 0 Å². The van der Waals surface area contributed by atoms with Crippen molar-refractivity contribution in [3.8, 4) is 0 Å². The van der Waals surface area contributed by atoms with Crippen LogP contribution in [0, 0.1) is 17.8 Å². The number of benzene rings is 2. The van der Waals surface area contributed by atoms with Gasteiger partial charge < -0.3 is 16.0 Å². The minimum atomic E-state index is 0.478. The number of nitrogens with one attached hydrogen (secondary N) is 3. The molecular formula is C31H49N3. The van der Waals surface area contributed by atoms with Crippen LogP contribution in [0.4, 0.5) is 0 Å². The van der Waals surface area contributed by atoms with Crippen molar-refractivity contribution in [2.45, 2.75) is 89.6 Å². The Kier molecular flexibility index (Phi) is 10.3. The summed E-state index contributed by atoms with van der Waals surface area (Å²) in [6, 6.07) is 16.8. The Morgan fingerprint density at radius 1 is 0.765 bits per heavy atom. The molecule has 0 amide bonds.